The van der Waals surface area contributed by atoms with E-state index in [9.17, 15) is 24.3 Å². The number of hydrogen-bond acceptors (Lipinski definition) is 8. The third-order valence-electron chi connectivity index (χ3n) is 6.46. The van der Waals surface area contributed by atoms with Crippen molar-refractivity contribution in [3.63, 3.8) is 0 Å². The maximum atomic E-state index is 13.2. The van der Waals surface area contributed by atoms with Gasteiger partial charge < -0.3 is 24.2 Å². The van der Waals surface area contributed by atoms with E-state index in [1.807, 2.05) is 0 Å². The molecule has 2 aromatic carbocycles. The first-order valence-corrected chi connectivity index (χ1v) is 10.8. The lowest BCUT2D eigenvalue weighted by atomic mass is 9.83. The van der Waals surface area contributed by atoms with Crippen LogP contribution in [-0.4, -0.2) is 64.6 Å². The molecule has 3 aliphatic heterocycles. The van der Waals surface area contributed by atoms with E-state index in [2.05, 4.69) is 0 Å². The molecule has 0 saturated carbocycles. The Bertz CT molecular complexity index is 1230. The minimum Gasteiger partial charge on any atom is -0.507 e. The van der Waals surface area contributed by atoms with Crippen LogP contribution in [0.15, 0.2) is 30.3 Å². The number of fused-ring (bicyclic) bond motifs is 4. The summed E-state index contributed by atoms with van der Waals surface area (Å²) in [5.74, 6) is -1.54. The molecule has 2 aromatic rings. The Labute approximate surface area is 194 Å². The zero-order valence-corrected chi connectivity index (χ0v) is 18.6. The molecule has 0 radical (unpaired) electrons. The van der Waals surface area contributed by atoms with Gasteiger partial charge in [0.2, 0.25) is 18.6 Å². The van der Waals surface area contributed by atoms with Crippen LogP contribution in [0.25, 0.3) is 0 Å². The van der Waals surface area contributed by atoms with Crippen molar-refractivity contribution in [3.8, 4) is 17.2 Å². The molecular formula is C24H22N2O8. The van der Waals surface area contributed by atoms with Crippen molar-refractivity contribution in [2.75, 3.05) is 19.9 Å². The van der Waals surface area contributed by atoms with Crippen molar-refractivity contribution in [3.05, 3.63) is 52.6 Å². The van der Waals surface area contributed by atoms with Gasteiger partial charge in [-0.1, -0.05) is 18.2 Å². The zero-order chi connectivity index (χ0) is 24.1. The highest BCUT2D eigenvalue weighted by Gasteiger charge is 2.50. The Morgan fingerprint density at radius 3 is 2.56 bits per heavy atom. The van der Waals surface area contributed by atoms with Crippen LogP contribution in [0, 0.1) is 6.92 Å². The average Bonchev–Trinajstić information content (AvgIpc) is 3.33. The van der Waals surface area contributed by atoms with Crippen LogP contribution < -0.4 is 9.47 Å². The molecule has 10 nitrogen and oxygen atoms in total. The molecule has 0 aromatic heterocycles. The Morgan fingerprint density at radius 1 is 1.15 bits per heavy atom. The number of imide groups is 1. The standard InChI is InChI=1S/C24H22N2O8/c1-12-20(29)19-15(22-21(12)33-11-34-22)8-16-23(30)25(13(2)27)9-18(28)26(16)17(19)10-32-24(31)14-6-4-3-5-7-14/h3-7,16-17,29H,8-11H2,1-2H3/t16-,17-/m1/s1. The van der Waals surface area contributed by atoms with Gasteiger partial charge in [-0.15, -0.1) is 0 Å². The Balaban J connectivity index is 1.59. The number of amides is 3. The maximum absolute atomic E-state index is 13.2. The van der Waals surface area contributed by atoms with Gasteiger partial charge in [-0.05, 0) is 19.1 Å². The highest BCUT2D eigenvalue weighted by Crippen LogP contribution is 2.52. The summed E-state index contributed by atoms with van der Waals surface area (Å²) in [4.78, 5) is 53.2. The molecule has 1 N–H and O–H groups in total. The van der Waals surface area contributed by atoms with Gasteiger partial charge in [0.05, 0.1) is 11.6 Å². The molecule has 34 heavy (non-hydrogen) atoms. The second-order valence-electron chi connectivity index (χ2n) is 8.38. The summed E-state index contributed by atoms with van der Waals surface area (Å²) >= 11 is 0. The molecule has 0 bridgehead atoms. The highest BCUT2D eigenvalue weighted by molar-refractivity contribution is 6.05. The molecule has 1 fully saturated rings. The summed E-state index contributed by atoms with van der Waals surface area (Å²) in [7, 11) is 0. The van der Waals surface area contributed by atoms with Gasteiger partial charge >= 0.3 is 5.97 Å². The number of hydrogen-bond donors (Lipinski definition) is 1. The van der Waals surface area contributed by atoms with Crippen LogP contribution in [-0.2, 0) is 25.5 Å². The molecule has 3 heterocycles. The molecule has 1 saturated heterocycles. The van der Waals surface area contributed by atoms with Crippen molar-refractivity contribution in [2.24, 2.45) is 0 Å². The van der Waals surface area contributed by atoms with Crippen molar-refractivity contribution >= 4 is 23.7 Å². The quantitative estimate of drug-likeness (QED) is 0.675. The van der Waals surface area contributed by atoms with E-state index in [1.54, 1.807) is 37.3 Å². The predicted molar refractivity (Wildman–Crippen MR) is 115 cm³/mol. The number of carbonyl (C=O) groups excluding carboxylic acids is 4. The maximum Gasteiger partial charge on any atom is 0.338 e. The number of aromatic hydroxyl groups is 1. The van der Waals surface area contributed by atoms with Crippen LogP contribution in [0.2, 0.25) is 0 Å². The van der Waals surface area contributed by atoms with Crippen LogP contribution in [0.4, 0.5) is 0 Å². The molecule has 3 amide bonds. The molecule has 0 spiro atoms. The van der Waals surface area contributed by atoms with Crippen molar-refractivity contribution in [2.45, 2.75) is 32.4 Å². The lowest BCUT2D eigenvalue weighted by Crippen LogP contribution is -2.64. The van der Waals surface area contributed by atoms with E-state index >= 15 is 0 Å². The zero-order valence-electron chi connectivity index (χ0n) is 18.6. The fourth-order valence-corrected chi connectivity index (χ4v) is 4.84. The number of ether oxygens (including phenoxy) is 3. The largest absolute Gasteiger partial charge is 0.507 e. The lowest BCUT2D eigenvalue weighted by molar-refractivity contribution is -0.165. The van der Waals surface area contributed by atoms with Gasteiger partial charge in [-0.3, -0.25) is 19.3 Å². The summed E-state index contributed by atoms with van der Waals surface area (Å²) < 4.78 is 16.7. The fraction of sp³-hybridized carbons (Fsp3) is 0.333. The number of esters is 1. The molecule has 10 heteroatoms. The SMILES string of the molecule is CC(=O)N1CC(=O)N2[C@H](Cc3c4c(c(C)c(O)c3[C@H]2COC(=O)c2ccccc2)OCO4)C1=O. The van der Waals surface area contributed by atoms with Crippen LogP contribution >= 0.6 is 0 Å². The minimum atomic E-state index is -1.02. The number of nitrogens with zero attached hydrogens (tertiary/aromatic N) is 2. The minimum absolute atomic E-state index is 0.0202. The van der Waals surface area contributed by atoms with E-state index in [4.69, 9.17) is 14.2 Å². The topological polar surface area (TPSA) is 123 Å². The Kier molecular flexibility index (Phi) is 5.15. The lowest BCUT2D eigenvalue weighted by Gasteiger charge is -2.47. The first-order valence-electron chi connectivity index (χ1n) is 10.8. The first kappa shape index (κ1) is 21.7. The van der Waals surface area contributed by atoms with E-state index in [0.717, 1.165) is 4.90 Å². The number of benzene rings is 2. The number of phenolic OH excluding ortho intramolecular Hbond substituents is 1. The number of phenols is 1. The number of rotatable bonds is 3. The van der Waals surface area contributed by atoms with Gasteiger partial charge in [0, 0.05) is 30.0 Å². The van der Waals surface area contributed by atoms with Crippen LogP contribution in [0.1, 0.15) is 40.0 Å². The average molecular weight is 466 g/mol. The summed E-state index contributed by atoms with van der Waals surface area (Å²) in [5, 5.41) is 11.1. The third-order valence-corrected chi connectivity index (χ3v) is 6.46. The second kappa shape index (κ2) is 8.05. The second-order valence-corrected chi connectivity index (χ2v) is 8.38. The van der Waals surface area contributed by atoms with Gasteiger partial charge in [-0.2, -0.15) is 0 Å². The summed E-state index contributed by atoms with van der Waals surface area (Å²) in [6.07, 6.45) is 0.0202. The fourth-order valence-electron chi connectivity index (χ4n) is 4.84. The van der Waals surface area contributed by atoms with Gasteiger partial charge in [0.1, 0.15) is 24.9 Å². The Hall–Kier alpha value is -4.08. The predicted octanol–water partition coefficient (Wildman–Crippen LogP) is 1.47. The monoisotopic (exact) mass is 466 g/mol. The molecule has 0 aliphatic carbocycles. The third kappa shape index (κ3) is 3.25. The molecule has 2 atom stereocenters. The highest BCUT2D eigenvalue weighted by atomic mass is 16.7. The van der Waals surface area contributed by atoms with Crippen LogP contribution in [0.3, 0.4) is 0 Å². The van der Waals surface area contributed by atoms with Crippen molar-refractivity contribution < 1.29 is 38.5 Å². The smallest absolute Gasteiger partial charge is 0.338 e. The normalized spacial score (nSPS) is 20.6. The van der Waals surface area contributed by atoms with E-state index in [0.29, 0.717) is 33.8 Å². The van der Waals surface area contributed by atoms with Gasteiger partial charge in [-0.25, -0.2) is 4.79 Å². The summed E-state index contributed by atoms with van der Waals surface area (Å²) in [5.41, 5.74) is 1.58. The van der Waals surface area contributed by atoms with Gasteiger partial charge in [0.25, 0.3) is 5.91 Å². The molecular weight excluding hydrogens is 444 g/mol. The Morgan fingerprint density at radius 2 is 1.85 bits per heavy atom. The summed E-state index contributed by atoms with van der Waals surface area (Å²) in [6.45, 7) is 2.10. The van der Waals surface area contributed by atoms with E-state index in [1.165, 1.54) is 11.8 Å². The van der Waals surface area contributed by atoms with E-state index in [-0.39, 0.29) is 25.6 Å². The van der Waals surface area contributed by atoms with Gasteiger partial charge in [0.15, 0.2) is 11.5 Å². The van der Waals surface area contributed by atoms with E-state index < -0.39 is 42.3 Å². The first-order chi connectivity index (χ1) is 16.3. The summed E-state index contributed by atoms with van der Waals surface area (Å²) in [6, 6.07) is 6.37. The van der Waals surface area contributed by atoms with Crippen molar-refractivity contribution in [1.82, 2.24) is 9.80 Å². The number of carbonyl (C=O) groups is 4. The molecule has 0 unspecified atom stereocenters. The number of piperazine rings is 1. The van der Waals surface area contributed by atoms with Crippen molar-refractivity contribution in [1.29, 1.82) is 0 Å². The molecule has 176 valence electrons. The molecule has 5 rings (SSSR count). The van der Waals surface area contributed by atoms with Crippen LogP contribution in [0.5, 0.6) is 17.2 Å². The molecule has 3 aliphatic rings.